The highest BCUT2D eigenvalue weighted by molar-refractivity contribution is 14.0. The number of halogens is 1. The predicted molar refractivity (Wildman–Crippen MR) is 86.0 cm³/mol. The van der Waals surface area contributed by atoms with E-state index in [0.717, 1.165) is 19.0 Å². The van der Waals surface area contributed by atoms with Gasteiger partial charge in [0.25, 0.3) is 0 Å². The van der Waals surface area contributed by atoms with E-state index in [9.17, 15) is 0 Å². The van der Waals surface area contributed by atoms with Crippen LogP contribution in [0.1, 0.15) is 20.8 Å². The van der Waals surface area contributed by atoms with Gasteiger partial charge in [0, 0.05) is 12.1 Å². The van der Waals surface area contributed by atoms with E-state index in [-0.39, 0.29) is 29.5 Å². The largest absolute Gasteiger partial charge is 0.357 e. The quantitative estimate of drug-likeness (QED) is 0.337. The Balaban J connectivity index is 0. The lowest BCUT2D eigenvalue weighted by Crippen LogP contribution is -2.43. The fraction of sp³-hybridized carbons (Fsp3) is 0.750. The van der Waals surface area contributed by atoms with E-state index in [0.29, 0.717) is 6.54 Å². The standard InChI is InChI=1S/C12H24N4.HI/c1-7-9-14-11(13-8-2)15-10-12(3,4)16(5)6;/h1H,8-10H2,2-6H3,(H2,13,14,15);1H. The Labute approximate surface area is 123 Å². The van der Waals surface area contributed by atoms with Gasteiger partial charge < -0.3 is 15.5 Å². The van der Waals surface area contributed by atoms with E-state index in [1.54, 1.807) is 0 Å². The molecule has 4 nitrogen and oxygen atoms in total. The van der Waals surface area contributed by atoms with Crippen molar-refractivity contribution < 1.29 is 0 Å². The number of aliphatic imine (C=N–C) groups is 1. The van der Waals surface area contributed by atoms with Gasteiger partial charge in [0.15, 0.2) is 5.96 Å². The molecule has 0 aromatic carbocycles. The second-order valence-corrected chi connectivity index (χ2v) is 4.46. The summed E-state index contributed by atoms with van der Waals surface area (Å²) in [6, 6.07) is 0. The lowest BCUT2D eigenvalue weighted by Gasteiger charge is -2.31. The highest BCUT2D eigenvalue weighted by Gasteiger charge is 2.19. The van der Waals surface area contributed by atoms with Crippen molar-refractivity contribution in [2.75, 3.05) is 33.7 Å². The molecule has 0 bridgehead atoms. The molecule has 0 unspecified atom stereocenters. The summed E-state index contributed by atoms with van der Waals surface area (Å²) in [4.78, 5) is 6.66. The average Bonchev–Trinajstić information content (AvgIpc) is 2.22. The third-order valence-corrected chi connectivity index (χ3v) is 2.54. The molecule has 100 valence electrons. The van der Waals surface area contributed by atoms with Crippen molar-refractivity contribution in [1.82, 2.24) is 15.5 Å². The highest BCUT2D eigenvalue weighted by atomic mass is 127. The van der Waals surface area contributed by atoms with Crippen LogP contribution in [-0.2, 0) is 0 Å². The van der Waals surface area contributed by atoms with Gasteiger partial charge in [-0.25, -0.2) is 0 Å². The first-order chi connectivity index (χ1) is 7.44. The summed E-state index contributed by atoms with van der Waals surface area (Å²) >= 11 is 0. The van der Waals surface area contributed by atoms with E-state index < -0.39 is 0 Å². The van der Waals surface area contributed by atoms with Crippen molar-refractivity contribution in [3.05, 3.63) is 0 Å². The zero-order chi connectivity index (χ0) is 12.6. The smallest absolute Gasteiger partial charge is 0.192 e. The maximum Gasteiger partial charge on any atom is 0.192 e. The molecule has 0 rings (SSSR count). The van der Waals surface area contributed by atoms with Gasteiger partial charge in [-0.15, -0.1) is 30.4 Å². The summed E-state index contributed by atoms with van der Waals surface area (Å²) < 4.78 is 0. The lowest BCUT2D eigenvalue weighted by molar-refractivity contribution is 0.205. The van der Waals surface area contributed by atoms with Crippen LogP contribution in [0, 0.1) is 12.3 Å². The minimum atomic E-state index is 0. The zero-order valence-electron chi connectivity index (χ0n) is 11.5. The maximum atomic E-state index is 5.20. The number of likely N-dealkylation sites (N-methyl/N-ethyl adjacent to an activating group) is 1. The Kier molecular flexibility index (Phi) is 10.6. The molecule has 0 radical (unpaired) electrons. The van der Waals surface area contributed by atoms with Crippen molar-refractivity contribution >= 4 is 29.9 Å². The van der Waals surface area contributed by atoms with Crippen LogP contribution in [0.2, 0.25) is 0 Å². The number of nitrogens with zero attached hydrogens (tertiary/aromatic N) is 2. The molecule has 0 saturated carbocycles. The summed E-state index contributed by atoms with van der Waals surface area (Å²) in [7, 11) is 4.11. The van der Waals surface area contributed by atoms with Crippen LogP contribution >= 0.6 is 24.0 Å². The van der Waals surface area contributed by atoms with Crippen LogP contribution in [0.3, 0.4) is 0 Å². The van der Waals surface area contributed by atoms with Crippen molar-refractivity contribution in [2.45, 2.75) is 26.3 Å². The van der Waals surface area contributed by atoms with E-state index in [4.69, 9.17) is 6.42 Å². The van der Waals surface area contributed by atoms with Gasteiger partial charge in [0.05, 0.1) is 13.1 Å². The van der Waals surface area contributed by atoms with Crippen LogP contribution in [0.15, 0.2) is 4.99 Å². The Morgan fingerprint density at radius 3 is 2.35 bits per heavy atom. The van der Waals surface area contributed by atoms with Gasteiger partial charge in [0.1, 0.15) is 0 Å². The van der Waals surface area contributed by atoms with Crippen LogP contribution in [0.25, 0.3) is 0 Å². The molecule has 0 atom stereocenters. The maximum absolute atomic E-state index is 5.20. The molecule has 0 amide bonds. The summed E-state index contributed by atoms with van der Waals surface area (Å²) in [5.41, 5.74) is 0.0402. The molecule has 0 aliphatic carbocycles. The van der Waals surface area contributed by atoms with Gasteiger partial charge in [-0.05, 0) is 34.9 Å². The topological polar surface area (TPSA) is 39.7 Å². The van der Waals surface area contributed by atoms with E-state index in [1.807, 2.05) is 6.92 Å². The van der Waals surface area contributed by atoms with Crippen LogP contribution in [-0.4, -0.2) is 50.1 Å². The molecule has 2 N–H and O–H groups in total. The summed E-state index contributed by atoms with van der Waals surface area (Å²) in [6.45, 7) is 8.39. The Morgan fingerprint density at radius 1 is 1.35 bits per heavy atom. The predicted octanol–water partition coefficient (Wildman–Crippen LogP) is 1.13. The van der Waals surface area contributed by atoms with Gasteiger partial charge in [-0.1, -0.05) is 5.92 Å². The third kappa shape index (κ3) is 8.27. The molecule has 0 aliphatic heterocycles. The fourth-order valence-corrected chi connectivity index (χ4v) is 0.890. The molecule has 5 heteroatoms. The lowest BCUT2D eigenvalue weighted by atomic mass is 10.1. The van der Waals surface area contributed by atoms with Gasteiger partial charge >= 0.3 is 0 Å². The van der Waals surface area contributed by atoms with Crippen molar-refractivity contribution in [1.29, 1.82) is 0 Å². The first kappa shape index (κ1) is 18.9. The molecule has 17 heavy (non-hydrogen) atoms. The number of rotatable bonds is 5. The Morgan fingerprint density at radius 2 is 1.94 bits per heavy atom. The summed E-state index contributed by atoms with van der Waals surface area (Å²) in [5.74, 6) is 3.31. The van der Waals surface area contributed by atoms with Crippen LogP contribution in [0.5, 0.6) is 0 Å². The zero-order valence-corrected chi connectivity index (χ0v) is 13.8. The fourth-order valence-electron chi connectivity index (χ4n) is 0.890. The van der Waals surface area contributed by atoms with Gasteiger partial charge in [0.2, 0.25) is 0 Å². The molecule has 0 spiro atoms. The monoisotopic (exact) mass is 352 g/mol. The molecule has 0 saturated heterocycles. The molecule has 0 aromatic heterocycles. The Hall–Kier alpha value is -0.480. The number of guanidine groups is 1. The second kappa shape index (κ2) is 9.54. The van der Waals surface area contributed by atoms with Crippen molar-refractivity contribution in [3.8, 4) is 12.3 Å². The first-order valence-corrected chi connectivity index (χ1v) is 5.57. The van der Waals surface area contributed by atoms with Gasteiger partial charge in [-0.2, -0.15) is 0 Å². The highest BCUT2D eigenvalue weighted by Crippen LogP contribution is 2.09. The molecule has 0 fully saturated rings. The molecule has 0 heterocycles. The van der Waals surface area contributed by atoms with Gasteiger partial charge in [-0.3, -0.25) is 4.99 Å². The number of nitrogens with one attached hydrogen (secondary N) is 2. The molecule has 0 aromatic rings. The SMILES string of the molecule is C#CCNC(=NCC(C)(C)N(C)C)NCC.I. The number of hydrogen-bond acceptors (Lipinski definition) is 2. The van der Waals surface area contributed by atoms with E-state index in [1.165, 1.54) is 0 Å². The van der Waals surface area contributed by atoms with E-state index in [2.05, 4.69) is 54.4 Å². The summed E-state index contributed by atoms with van der Waals surface area (Å²) in [5, 5.41) is 6.22. The van der Waals surface area contributed by atoms with Crippen molar-refractivity contribution in [3.63, 3.8) is 0 Å². The Bertz CT molecular complexity index is 266. The van der Waals surface area contributed by atoms with Crippen LogP contribution < -0.4 is 10.6 Å². The second-order valence-electron chi connectivity index (χ2n) is 4.46. The molecule has 0 aliphatic rings. The summed E-state index contributed by atoms with van der Waals surface area (Å²) in [6.07, 6.45) is 5.20. The average molecular weight is 352 g/mol. The molecular weight excluding hydrogens is 327 g/mol. The first-order valence-electron chi connectivity index (χ1n) is 5.57. The third-order valence-electron chi connectivity index (χ3n) is 2.54. The van der Waals surface area contributed by atoms with Crippen LogP contribution in [0.4, 0.5) is 0 Å². The van der Waals surface area contributed by atoms with E-state index >= 15 is 0 Å². The minimum absolute atomic E-state index is 0. The number of hydrogen-bond donors (Lipinski definition) is 2. The normalized spacial score (nSPS) is 11.7. The van der Waals surface area contributed by atoms with Crippen molar-refractivity contribution in [2.24, 2.45) is 4.99 Å². The minimum Gasteiger partial charge on any atom is -0.357 e. The molecular formula is C12H25IN4. The number of terminal acetylenes is 1.